The maximum atomic E-state index is 4.65. The van der Waals surface area contributed by atoms with Crippen LogP contribution in [0.5, 0.6) is 0 Å². The lowest BCUT2D eigenvalue weighted by Crippen LogP contribution is -2.17. The molecule has 3 aromatic carbocycles. The molecule has 1 aliphatic heterocycles. The van der Waals surface area contributed by atoms with Gasteiger partial charge in [-0.25, -0.2) is 4.99 Å². The summed E-state index contributed by atoms with van der Waals surface area (Å²) in [5.41, 5.74) is 7.39. The van der Waals surface area contributed by atoms with Gasteiger partial charge >= 0.3 is 0 Å². The van der Waals surface area contributed by atoms with Crippen molar-refractivity contribution in [2.24, 2.45) is 10.1 Å². The molecule has 0 bridgehead atoms. The summed E-state index contributed by atoms with van der Waals surface area (Å²) >= 11 is 0. The fraction of sp³-hybridized carbons (Fsp3) is 0.100. The Morgan fingerprint density at radius 2 is 1.71 bits per heavy atom. The number of hydrogen-bond acceptors (Lipinski definition) is 4. The van der Waals surface area contributed by atoms with Gasteiger partial charge in [-0.3, -0.25) is 5.43 Å². The van der Waals surface area contributed by atoms with Crippen molar-refractivity contribution >= 4 is 34.2 Å². The second-order valence-corrected chi connectivity index (χ2v) is 6.00. The van der Waals surface area contributed by atoms with E-state index in [1.165, 1.54) is 16.5 Å². The molecule has 1 N–H and O–H groups in total. The largest absolute Gasteiger partial charge is 0.378 e. The molecule has 0 saturated heterocycles. The molecule has 1 aliphatic rings. The van der Waals surface area contributed by atoms with E-state index in [0.717, 1.165) is 22.6 Å². The van der Waals surface area contributed by atoms with Gasteiger partial charge in [-0.15, -0.1) is 0 Å². The van der Waals surface area contributed by atoms with Crippen molar-refractivity contribution in [3.05, 3.63) is 71.8 Å². The number of benzene rings is 3. The van der Waals surface area contributed by atoms with E-state index in [0.29, 0.717) is 0 Å². The predicted octanol–water partition coefficient (Wildman–Crippen LogP) is 3.92. The summed E-state index contributed by atoms with van der Waals surface area (Å²) in [4.78, 5) is 6.72. The number of anilines is 1. The summed E-state index contributed by atoms with van der Waals surface area (Å²) in [7, 11) is 4.06. The third-order valence-electron chi connectivity index (χ3n) is 4.16. The first-order valence-corrected chi connectivity index (χ1v) is 7.90. The molecule has 0 aromatic heterocycles. The first-order chi connectivity index (χ1) is 11.7. The number of hydrazone groups is 1. The van der Waals surface area contributed by atoms with E-state index in [9.17, 15) is 0 Å². The van der Waals surface area contributed by atoms with Crippen LogP contribution >= 0.6 is 0 Å². The Morgan fingerprint density at radius 1 is 0.958 bits per heavy atom. The molecule has 0 spiro atoms. The first-order valence-electron chi connectivity index (χ1n) is 7.90. The Balaban J connectivity index is 1.54. The van der Waals surface area contributed by atoms with E-state index in [-0.39, 0.29) is 0 Å². The maximum absolute atomic E-state index is 4.65. The summed E-state index contributed by atoms with van der Waals surface area (Å²) < 4.78 is 0. The van der Waals surface area contributed by atoms with Gasteiger partial charge in [-0.2, -0.15) is 5.10 Å². The quantitative estimate of drug-likeness (QED) is 0.588. The molecule has 0 amide bonds. The monoisotopic (exact) mass is 314 g/mol. The number of amidine groups is 1. The van der Waals surface area contributed by atoms with E-state index in [2.05, 4.69) is 50.8 Å². The van der Waals surface area contributed by atoms with Crippen LogP contribution in [0.15, 0.2) is 70.8 Å². The molecule has 4 nitrogen and oxygen atoms in total. The van der Waals surface area contributed by atoms with Crippen molar-refractivity contribution in [1.82, 2.24) is 5.43 Å². The zero-order valence-electron chi connectivity index (χ0n) is 13.7. The van der Waals surface area contributed by atoms with Gasteiger partial charge in [0.15, 0.2) is 5.84 Å². The van der Waals surface area contributed by atoms with Crippen LogP contribution in [0.25, 0.3) is 10.8 Å². The molecule has 0 atom stereocenters. The number of nitrogens with zero attached hydrogens (tertiary/aromatic N) is 3. The van der Waals surface area contributed by atoms with Crippen LogP contribution in [0.3, 0.4) is 0 Å². The third kappa shape index (κ3) is 2.52. The van der Waals surface area contributed by atoms with Gasteiger partial charge in [-0.05, 0) is 29.1 Å². The van der Waals surface area contributed by atoms with Crippen LogP contribution in [0, 0.1) is 0 Å². The normalized spacial score (nSPS) is 12.7. The molecule has 0 aliphatic carbocycles. The zero-order chi connectivity index (χ0) is 16.5. The standard InChI is InChI=1S/C20H18N4/c1-24(2)16-11-9-14(10-12-16)13-21-23-20-17-7-3-5-15-6-4-8-18(22-20)19(15)17/h3-13H,1-2H3,(H,22,23)/b21-13-. The van der Waals surface area contributed by atoms with Gasteiger partial charge in [0.2, 0.25) is 0 Å². The second-order valence-electron chi connectivity index (χ2n) is 6.00. The smallest absolute Gasteiger partial charge is 0.154 e. The summed E-state index contributed by atoms with van der Waals surface area (Å²) in [5.74, 6) is 0.794. The van der Waals surface area contributed by atoms with E-state index in [1.54, 1.807) is 0 Å². The summed E-state index contributed by atoms with van der Waals surface area (Å²) in [6.45, 7) is 0. The van der Waals surface area contributed by atoms with Crippen molar-refractivity contribution in [2.45, 2.75) is 0 Å². The Labute approximate surface area is 141 Å². The summed E-state index contributed by atoms with van der Waals surface area (Å²) in [5, 5.41) is 6.74. The third-order valence-corrected chi connectivity index (χ3v) is 4.16. The topological polar surface area (TPSA) is 40.0 Å². The maximum Gasteiger partial charge on any atom is 0.154 e. The molecule has 0 radical (unpaired) electrons. The molecular formula is C20H18N4. The van der Waals surface area contributed by atoms with Crippen molar-refractivity contribution < 1.29 is 0 Å². The molecule has 1 heterocycles. The molecule has 4 heteroatoms. The Hall–Kier alpha value is -3.14. The Kier molecular flexibility index (Phi) is 3.50. The fourth-order valence-corrected chi connectivity index (χ4v) is 2.90. The van der Waals surface area contributed by atoms with Crippen LogP contribution in [0.4, 0.5) is 11.4 Å². The lowest BCUT2D eigenvalue weighted by Gasteiger charge is -2.11. The Bertz CT molecular complexity index is 948. The highest BCUT2D eigenvalue weighted by atomic mass is 15.3. The average Bonchev–Trinajstić information content (AvgIpc) is 2.96. The molecule has 0 saturated carbocycles. The minimum Gasteiger partial charge on any atom is -0.378 e. The van der Waals surface area contributed by atoms with E-state index >= 15 is 0 Å². The highest BCUT2D eigenvalue weighted by molar-refractivity contribution is 6.18. The van der Waals surface area contributed by atoms with Gasteiger partial charge in [0, 0.05) is 30.7 Å². The van der Waals surface area contributed by atoms with E-state index in [1.807, 2.05) is 50.6 Å². The van der Waals surface area contributed by atoms with Gasteiger partial charge in [0.1, 0.15) is 0 Å². The molecular weight excluding hydrogens is 296 g/mol. The highest BCUT2D eigenvalue weighted by Gasteiger charge is 2.17. The predicted molar refractivity (Wildman–Crippen MR) is 102 cm³/mol. The number of aliphatic imine (C=N–C) groups is 1. The Morgan fingerprint density at radius 3 is 2.46 bits per heavy atom. The molecule has 24 heavy (non-hydrogen) atoms. The van der Waals surface area contributed by atoms with E-state index in [4.69, 9.17) is 0 Å². The van der Waals surface area contributed by atoms with Gasteiger partial charge in [0.25, 0.3) is 0 Å². The molecule has 0 fully saturated rings. The number of nitrogens with one attached hydrogen (secondary N) is 1. The highest BCUT2D eigenvalue weighted by Crippen LogP contribution is 2.34. The molecule has 3 aromatic rings. The molecule has 118 valence electrons. The number of hydrogen-bond donors (Lipinski definition) is 1. The van der Waals surface area contributed by atoms with Crippen LogP contribution in [0.2, 0.25) is 0 Å². The van der Waals surface area contributed by atoms with Gasteiger partial charge in [0.05, 0.1) is 11.9 Å². The average molecular weight is 314 g/mol. The minimum absolute atomic E-state index is 0.794. The zero-order valence-corrected chi connectivity index (χ0v) is 13.7. The van der Waals surface area contributed by atoms with Crippen molar-refractivity contribution in [1.29, 1.82) is 0 Å². The van der Waals surface area contributed by atoms with Gasteiger partial charge < -0.3 is 4.90 Å². The summed E-state index contributed by atoms with van der Waals surface area (Å²) in [6, 6.07) is 20.6. The minimum atomic E-state index is 0.794. The van der Waals surface area contributed by atoms with Crippen molar-refractivity contribution in [2.75, 3.05) is 19.0 Å². The summed E-state index contributed by atoms with van der Waals surface area (Å²) in [6.07, 6.45) is 1.81. The number of rotatable bonds is 3. The van der Waals surface area contributed by atoms with Crippen LogP contribution in [-0.2, 0) is 0 Å². The van der Waals surface area contributed by atoms with Crippen LogP contribution in [-0.4, -0.2) is 26.1 Å². The van der Waals surface area contributed by atoms with Crippen LogP contribution < -0.4 is 10.3 Å². The fourth-order valence-electron chi connectivity index (χ4n) is 2.90. The lowest BCUT2D eigenvalue weighted by atomic mass is 10.0. The SMILES string of the molecule is CN(C)c1ccc(/C=N\NC2=Nc3cccc4cccc2c34)cc1. The van der Waals surface area contributed by atoms with E-state index < -0.39 is 0 Å². The van der Waals surface area contributed by atoms with Gasteiger partial charge in [-0.1, -0.05) is 42.5 Å². The molecule has 0 unspecified atom stereocenters. The van der Waals surface area contributed by atoms with Crippen molar-refractivity contribution in [3.63, 3.8) is 0 Å². The second kappa shape index (κ2) is 5.81. The molecule has 4 rings (SSSR count). The first kappa shape index (κ1) is 14.5. The van der Waals surface area contributed by atoms with Crippen LogP contribution in [0.1, 0.15) is 11.1 Å². The van der Waals surface area contributed by atoms with Crippen molar-refractivity contribution in [3.8, 4) is 0 Å². The lowest BCUT2D eigenvalue weighted by molar-refractivity contribution is 1.04.